The van der Waals surface area contributed by atoms with Crippen molar-refractivity contribution in [2.45, 2.75) is 37.6 Å². The molecule has 4 aromatic rings. The van der Waals surface area contributed by atoms with E-state index in [1.165, 1.54) is 17.8 Å². The van der Waals surface area contributed by atoms with E-state index in [2.05, 4.69) is 41.2 Å². The minimum Gasteiger partial charge on any atom is -0.282 e. The van der Waals surface area contributed by atoms with Crippen molar-refractivity contribution in [3.8, 4) is 0 Å². The molecule has 0 amide bonds. The maximum Gasteiger partial charge on any atom is 0.244 e. The Morgan fingerprint density at radius 3 is 1.88 bits per heavy atom. The first-order valence-corrected chi connectivity index (χ1v) is 11.0. The summed E-state index contributed by atoms with van der Waals surface area (Å²) in [6.45, 7) is 0.575. The first kappa shape index (κ1) is 26.2. The van der Waals surface area contributed by atoms with Crippen molar-refractivity contribution in [1.29, 1.82) is 0 Å². The molecule has 1 N–H and O–H groups in total. The van der Waals surface area contributed by atoms with Crippen molar-refractivity contribution >= 4 is 15.9 Å². The number of nitrogens with one attached hydrogen (secondary N) is 1. The van der Waals surface area contributed by atoms with E-state index in [0.717, 1.165) is 10.9 Å². The monoisotopic (exact) mass is 526 g/mol. The first-order chi connectivity index (χ1) is 16.0. The van der Waals surface area contributed by atoms with Crippen molar-refractivity contribution in [3.63, 3.8) is 0 Å². The van der Waals surface area contributed by atoms with Gasteiger partial charge in [0.05, 0.1) is 25.1 Å². The van der Waals surface area contributed by atoms with Gasteiger partial charge in [0.15, 0.2) is 0 Å². The second-order valence-corrected chi connectivity index (χ2v) is 7.18. The topological polar surface area (TPSA) is 72.3 Å². The fourth-order valence-corrected chi connectivity index (χ4v) is 2.84. The van der Waals surface area contributed by atoms with Crippen LogP contribution >= 0.6 is 15.9 Å². The fraction of sp³-hybridized carbons (Fsp3) is 0.273. The zero-order valence-corrected chi connectivity index (χ0v) is 19.1. The number of aromatic nitrogens is 6. The summed E-state index contributed by atoms with van der Waals surface area (Å²) in [5.74, 6) is 0. The Kier molecular flexibility index (Phi) is 11.8. The summed E-state index contributed by atoms with van der Waals surface area (Å²) in [6.07, 6.45) is 4.97. The van der Waals surface area contributed by atoms with E-state index >= 15 is 0 Å². The average Bonchev–Trinajstić information content (AvgIpc) is 3.47. The lowest BCUT2D eigenvalue weighted by atomic mass is 10.3. The summed E-state index contributed by atoms with van der Waals surface area (Å²) in [4.78, 5) is 7.78. The highest BCUT2D eigenvalue weighted by Gasteiger charge is 2.07. The van der Waals surface area contributed by atoms with Crippen LogP contribution in [0.2, 0.25) is 0 Å². The second-order valence-electron chi connectivity index (χ2n) is 6.62. The number of hydrogen-bond acceptors (Lipinski definition) is 4. The predicted octanol–water partition coefficient (Wildman–Crippen LogP) is 5.33. The van der Waals surface area contributed by atoms with Gasteiger partial charge in [0.2, 0.25) is 12.9 Å². The van der Waals surface area contributed by atoms with E-state index < -0.39 is 12.9 Å². The maximum atomic E-state index is 12.1. The molecule has 4 heterocycles. The molecule has 0 unspecified atom stereocenters. The van der Waals surface area contributed by atoms with Crippen molar-refractivity contribution < 1.29 is 17.6 Å². The summed E-state index contributed by atoms with van der Waals surface area (Å²) >= 11 is 3.33. The molecule has 33 heavy (non-hydrogen) atoms. The van der Waals surface area contributed by atoms with Gasteiger partial charge in [0.25, 0.3) is 0 Å². The summed E-state index contributed by atoms with van der Waals surface area (Å²) in [5.41, 5.74) is 3.20. The smallest absolute Gasteiger partial charge is 0.244 e. The zero-order chi connectivity index (χ0) is 23.9. The van der Waals surface area contributed by atoms with Gasteiger partial charge in [-0.05, 0) is 47.5 Å². The van der Waals surface area contributed by atoms with Crippen LogP contribution < -0.4 is 0 Å². The van der Waals surface area contributed by atoms with Gasteiger partial charge in [-0.3, -0.25) is 19.7 Å². The van der Waals surface area contributed by atoms with Crippen LogP contribution in [-0.2, 0) is 24.7 Å². The Morgan fingerprint density at radius 2 is 1.39 bits per heavy atom. The lowest BCUT2D eigenvalue weighted by molar-refractivity contribution is 0.147. The van der Waals surface area contributed by atoms with Gasteiger partial charge in [-0.15, -0.1) is 0 Å². The normalized spacial score (nSPS) is 10.4. The van der Waals surface area contributed by atoms with Gasteiger partial charge in [0.1, 0.15) is 0 Å². The van der Waals surface area contributed by atoms with E-state index in [1.54, 1.807) is 41.7 Å². The molecule has 0 aliphatic rings. The number of nitrogens with zero attached hydrogens (tertiary/aromatic N) is 5. The molecule has 0 spiro atoms. The molecule has 0 atom stereocenters. The van der Waals surface area contributed by atoms with Crippen LogP contribution in [0.4, 0.5) is 17.6 Å². The molecule has 6 nitrogen and oxygen atoms in total. The lowest BCUT2D eigenvalue weighted by Crippen LogP contribution is -2.03. The molecule has 4 rings (SSSR count). The molecule has 0 aromatic carbocycles. The number of H-pyrrole nitrogens is 1. The Morgan fingerprint density at radius 1 is 0.788 bits per heavy atom. The number of pyridine rings is 2. The van der Waals surface area contributed by atoms with Crippen LogP contribution in [0.25, 0.3) is 0 Å². The van der Waals surface area contributed by atoms with Gasteiger partial charge in [-0.2, -0.15) is 10.2 Å². The number of hydrogen-bond donors (Lipinski definition) is 1. The molecule has 4 aromatic heterocycles. The van der Waals surface area contributed by atoms with E-state index in [-0.39, 0.29) is 12.8 Å². The molecule has 0 saturated carbocycles. The lowest BCUT2D eigenvalue weighted by Gasteiger charge is -2.00. The largest absolute Gasteiger partial charge is 0.282 e. The molecular weight excluding hydrogens is 504 g/mol. The Hall–Kier alpha value is -3.08. The van der Waals surface area contributed by atoms with Crippen LogP contribution in [0.5, 0.6) is 0 Å². The van der Waals surface area contributed by atoms with Gasteiger partial charge in [0, 0.05) is 48.2 Å². The SMILES string of the molecule is BrCc1ccncc1.FC(F)Cc1ccn(Cc2ccncc2)n1.FC(F)Cc1ccn[nH]1. The minimum atomic E-state index is -2.34. The number of halogens is 5. The van der Waals surface area contributed by atoms with Gasteiger partial charge in [-0.25, -0.2) is 17.6 Å². The van der Waals surface area contributed by atoms with Crippen LogP contribution in [0, 0.1) is 0 Å². The van der Waals surface area contributed by atoms with Crippen LogP contribution in [0.1, 0.15) is 22.5 Å². The van der Waals surface area contributed by atoms with Gasteiger partial charge >= 0.3 is 0 Å². The van der Waals surface area contributed by atoms with E-state index in [4.69, 9.17) is 0 Å². The Bertz CT molecular complexity index is 998. The fourth-order valence-electron chi connectivity index (χ4n) is 2.47. The van der Waals surface area contributed by atoms with Gasteiger partial charge < -0.3 is 0 Å². The van der Waals surface area contributed by atoms with Crippen LogP contribution in [-0.4, -0.2) is 42.8 Å². The highest BCUT2D eigenvalue weighted by Crippen LogP contribution is 2.06. The highest BCUT2D eigenvalue weighted by atomic mass is 79.9. The molecule has 11 heteroatoms. The zero-order valence-electron chi connectivity index (χ0n) is 17.5. The quantitative estimate of drug-likeness (QED) is 0.261. The van der Waals surface area contributed by atoms with Crippen molar-refractivity contribution in [2.24, 2.45) is 0 Å². The highest BCUT2D eigenvalue weighted by molar-refractivity contribution is 9.08. The van der Waals surface area contributed by atoms with E-state index in [1.807, 2.05) is 24.3 Å². The van der Waals surface area contributed by atoms with E-state index in [0.29, 0.717) is 17.9 Å². The standard InChI is InChI=1S/C11H11F2N3.C6H6BrN.C5H6F2N2/c12-11(13)7-10-3-6-16(15-10)8-9-1-4-14-5-2-9;7-5-6-1-3-8-4-2-6;6-5(7)3-4-1-2-8-9-4/h1-6,11H,7-8H2;1-4H,5H2;1-2,5H,3H2,(H,8,9). The predicted molar refractivity (Wildman–Crippen MR) is 120 cm³/mol. The summed E-state index contributed by atoms with van der Waals surface area (Å²) < 4.78 is 48.9. The van der Waals surface area contributed by atoms with Crippen molar-refractivity contribution in [1.82, 2.24) is 29.9 Å². The molecule has 176 valence electrons. The molecule has 0 fully saturated rings. The third-order valence-electron chi connectivity index (χ3n) is 3.99. The Labute approximate surface area is 197 Å². The van der Waals surface area contributed by atoms with Crippen LogP contribution in [0.15, 0.2) is 73.6 Å². The molecule has 0 bridgehead atoms. The van der Waals surface area contributed by atoms with Crippen molar-refractivity contribution in [3.05, 3.63) is 96.1 Å². The molecule has 0 radical (unpaired) electrons. The van der Waals surface area contributed by atoms with E-state index in [9.17, 15) is 17.6 Å². The number of aromatic amines is 1. The number of alkyl halides is 5. The summed E-state index contributed by atoms with van der Waals surface area (Å²) in [7, 11) is 0. The third kappa shape index (κ3) is 11.4. The first-order valence-electron chi connectivity index (χ1n) is 9.87. The van der Waals surface area contributed by atoms with Crippen LogP contribution in [0.3, 0.4) is 0 Å². The Balaban J connectivity index is 0.000000192. The summed E-state index contributed by atoms with van der Waals surface area (Å²) in [6, 6.07) is 10.9. The minimum absolute atomic E-state index is 0.236. The molecule has 0 saturated heterocycles. The summed E-state index contributed by atoms with van der Waals surface area (Å²) in [5, 5.41) is 10.9. The second kappa shape index (κ2) is 14.9. The molecular formula is C22H23BrF4N6. The molecule has 0 aliphatic carbocycles. The number of rotatable bonds is 7. The molecule has 0 aliphatic heterocycles. The van der Waals surface area contributed by atoms with Gasteiger partial charge in [-0.1, -0.05) is 15.9 Å². The average molecular weight is 527 g/mol. The van der Waals surface area contributed by atoms with Crippen molar-refractivity contribution in [2.75, 3.05) is 0 Å². The third-order valence-corrected chi connectivity index (χ3v) is 4.64. The maximum absolute atomic E-state index is 12.1.